The van der Waals surface area contributed by atoms with E-state index in [1.807, 2.05) is 31.2 Å². The number of fused-ring (bicyclic) bond motifs is 3. The molecule has 0 bridgehead atoms. The van der Waals surface area contributed by atoms with E-state index in [0.717, 1.165) is 35.2 Å². The highest BCUT2D eigenvalue weighted by Gasteiger charge is 2.26. The van der Waals surface area contributed by atoms with Crippen LogP contribution >= 0.6 is 34.8 Å². The van der Waals surface area contributed by atoms with Gasteiger partial charge in [-0.25, -0.2) is 46.3 Å². The van der Waals surface area contributed by atoms with Crippen molar-refractivity contribution in [2.24, 2.45) is 7.05 Å². The van der Waals surface area contributed by atoms with Crippen LogP contribution in [-0.2, 0) is 46.0 Å². The van der Waals surface area contributed by atoms with Gasteiger partial charge >= 0.3 is 6.61 Å². The molecule has 0 aliphatic heterocycles. The van der Waals surface area contributed by atoms with Crippen molar-refractivity contribution in [2.75, 3.05) is 6.61 Å². The molecule has 33 heteroatoms. The van der Waals surface area contributed by atoms with Gasteiger partial charge in [0.1, 0.15) is 103 Å². The van der Waals surface area contributed by atoms with Crippen molar-refractivity contribution in [2.45, 2.75) is 112 Å². The number of ether oxygens (including phenoxy) is 4. The van der Waals surface area contributed by atoms with Crippen LogP contribution in [0.2, 0.25) is 15.1 Å². The molecule has 12 aromatic rings. The Labute approximate surface area is 621 Å². The molecule has 0 aliphatic rings. The first-order valence-corrected chi connectivity index (χ1v) is 33.9. The monoisotopic (exact) mass is 1540 g/mol. The van der Waals surface area contributed by atoms with Crippen LogP contribution in [0.15, 0.2) is 140 Å². The molecule has 0 spiro atoms. The number of pyridine rings is 3. The van der Waals surface area contributed by atoms with E-state index >= 15 is 0 Å². The summed E-state index contributed by atoms with van der Waals surface area (Å²) in [7, 11) is 1.76. The Morgan fingerprint density at radius 2 is 0.860 bits per heavy atom. The molecule has 5 atom stereocenters. The minimum atomic E-state index is -3.08. The number of amides is 3. The van der Waals surface area contributed by atoms with Crippen LogP contribution in [0.4, 0.5) is 30.7 Å². The Morgan fingerprint density at radius 1 is 0.505 bits per heavy atom. The van der Waals surface area contributed by atoms with E-state index in [9.17, 15) is 55.3 Å². The van der Waals surface area contributed by atoms with Crippen molar-refractivity contribution in [3.63, 3.8) is 0 Å². The summed E-state index contributed by atoms with van der Waals surface area (Å²) in [5.41, 5.74) is 8.26. The SMILES string of the molecule is Cc1cc(-n2cc(F)cn2)c2cccc(OCc3c(Cl)cc(F)cc3[C@H](C)NC(=O)[C@@H](C)O)c2n1.Cc1cc(-n2cc(F)cn2)c2cccc(OCc3c(Cl)cc(F)cc3[C@H](C)NC(=O)[C@H](C)O)c2n1.Cc1cc(-n2ncn[n+]2C)c2cccc(OCc3c(Cl)cc(F)cc3[C@H](C)NC(=O)COC(F)F)c2n1. The number of hydrogen-bond donors (Lipinski definition) is 5. The first-order chi connectivity index (χ1) is 50.9. The number of aryl methyl sites for hydroxylation is 4. The third-order valence-corrected chi connectivity index (χ3v) is 17.5. The molecule has 0 saturated heterocycles. The number of nitrogens with zero attached hydrogens (tertiary/aromatic N) is 11. The summed E-state index contributed by atoms with van der Waals surface area (Å²) in [4.78, 5) is 52.9. The molecule has 5 N–H and O–H groups in total. The largest absolute Gasteiger partial charge is 0.487 e. The highest BCUT2D eigenvalue weighted by atomic mass is 35.5. The maximum absolute atomic E-state index is 14.2. The fourth-order valence-electron chi connectivity index (χ4n) is 11.5. The van der Waals surface area contributed by atoms with E-state index in [0.29, 0.717) is 101 Å². The smallest absolute Gasteiger partial charge is 0.345 e. The van der Waals surface area contributed by atoms with E-state index in [-0.39, 0.29) is 34.9 Å². The lowest BCUT2D eigenvalue weighted by molar-refractivity contribution is -0.800. The Morgan fingerprint density at radius 3 is 1.19 bits per heavy atom. The highest BCUT2D eigenvalue weighted by Crippen LogP contribution is 2.37. The van der Waals surface area contributed by atoms with Crippen molar-refractivity contribution in [3.05, 3.63) is 235 Å². The normalized spacial score (nSPS) is 12.7. The minimum absolute atomic E-state index is 0.0379. The number of nitrogens with one attached hydrogen (secondary N) is 3. The Kier molecular flexibility index (Phi) is 25.4. The fraction of sp³-hybridized carbons (Fsp3) is 0.257. The van der Waals surface area contributed by atoms with Gasteiger partial charge in [0, 0.05) is 54.7 Å². The number of aliphatic hydroxyl groups excluding tert-OH is 2. The minimum Gasteiger partial charge on any atom is -0.487 e. The van der Waals surface area contributed by atoms with Gasteiger partial charge in [-0.1, -0.05) is 76.0 Å². The zero-order valence-electron chi connectivity index (χ0n) is 58.5. The molecule has 558 valence electrons. The number of para-hydroxylation sites is 3. The van der Waals surface area contributed by atoms with Crippen LogP contribution in [0.3, 0.4) is 0 Å². The zero-order valence-corrected chi connectivity index (χ0v) is 60.8. The third kappa shape index (κ3) is 19.2. The van der Waals surface area contributed by atoms with Gasteiger partial charge in [0.25, 0.3) is 6.33 Å². The molecule has 0 unspecified atom stereocenters. The average molecular weight is 1540 g/mol. The first-order valence-electron chi connectivity index (χ1n) is 32.8. The van der Waals surface area contributed by atoms with Gasteiger partial charge in [-0.3, -0.25) is 14.4 Å². The van der Waals surface area contributed by atoms with E-state index in [4.69, 9.17) is 49.0 Å². The molecule has 12 rings (SSSR count). The Hall–Kier alpha value is -10.9. The van der Waals surface area contributed by atoms with E-state index in [2.05, 4.69) is 56.0 Å². The molecular weight excluding hydrogens is 1470 g/mol. The lowest BCUT2D eigenvalue weighted by Crippen LogP contribution is -2.41. The third-order valence-electron chi connectivity index (χ3n) is 16.5. The molecule has 6 aromatic heterocycles. The number of rotatable bonds is 23. The molecule has 3 amide bonds. The molecule has 0 fully saturated rings. The second kappa shape index (κ2) is 34.6. The zero-order chi connectivity index (χ0) is 77.2. The van der Waals surface area contributed by atoms with Crippen LogP contribution in [0.25, 0.3) is 49.8 Å². The highest BCUT2D eigenvalue weighted by molar-refractivity contribution is 6.32. The first kappa shape index (κ1) is 78.7. The predicted octanol–water partition coefficient (Wildman–Crippen LogP) is 13.3. The van der Waals surface area contributed by atoms with E-state index in [1.54, 1.807) is 99.8 Å². The van der Waals surface area contributed by atoms with Gasteiger partial charge in [0.2, 0.25) is 17.7 Å². The second-order valence-corrected chi connectivity index (χ2v) is 25.8. The Bertz CT molecular complexity index is 5070. The summed E-state index contributed by atoms with van der Waals surface area (Å²) in [6.07, 6.45) is 3.78. The molecule has 6 heterocycles. The van der Waals surface area contributed by atoms with Crippen molar-refractivity contribution in [3.8, 4) is 34.3 Å². The van der Waals surface area contributed by atoms with Crippen molar-refractivity contribution in [1.82, 2.24) is 65.5 Å². The van der Waals surface area contributed by atoms with E-state index in [1.165, 1.54) is 72.3 Å². The van der Waals surface area contributed by atoms with Gasteiger partial charge < -0.3 is 45.1 Å². The van der Waals surface area contributed by atoms with Crippen LogP contribution in [0.5, 0.6) is 17.2 Å². The Balaban J connectivity index is 0.000000172. The van der Waals surface area contributed by atoms with Crippen molar-refractivity contribution >= 4 is 85.2 Å². The van der Waals surface area contributed by atoms with Crippen LogP contribution in [-0.4, -0.2) is 103 Å². The summed E-state index contributed by atoms with van der Waals surface area (Å²) in [6, 6.07) is 26.7. The lowest BCUT2D eigenvalue weighted by Gasteiger charge is -2.21. The van der Waals surface area contributed by atoms with Gasteiger partial charge in [-0.05, 0) is 150 Å². The average Bonchev–Trinajstić information content (AvgIpc) is 1.75. The number of tetrazole rings is 1. The standard InChI is InChI=1S/2C25H23ClF2N4O3.C24H22ClF3N6O3/c2*1-13-7-22(32-11-17(28)10-29-32)18-5-4-6-23(24(18)30-13)35-12-20-19(8-16(27)9-21(20)26)14(2)31-25(34)15(3)33;1-13-7-20(34-30-12-29-33(34)3)16-5-4-6-21(23(16)31-13)36-10-18-17(8-15(26)9-19(18)25)14(2)32-22(35)11-37-24(27)28/h2*4-11,14-15,33H,12H2,1-3H3,(H,31,34);4-9,12,14,24H,10-11H2,1-3H3/p+1/t14-,15+;14-,15-;14-/m000/s1. The van der Waals surface area contributed by atoms with Crippen LogP contribution in [0.1, 0.15) is 103 Å². The van der Waals surface area contributed by atoms with Gasteiger partial charge in [0.15, 0.2) is 11.6 Å². The number of alkyl halides is 2. The number of carbonyl (C=O) groups is 3. The van der Waals surface area contributed by atoms with Crippen molar-refractivity contribution < 1.29 is 79.1 Å². The number of hydrogen-bond acceptors (Lipinski definition) is 16. The quantitative estimate of drug-likeness (QED) is 0.0294. The van der Waals surface area contributed by atoms with Gasteiger partial charge in [-0.2, -0.15) is 19.0 Å². The molecule has 0 saturated carbocycles. The van der Waals surface area contributed by atoms with Crippen molar-refractivity contribution in [1.29, 1.82) is 0 Å². The summed E-state index contributed by atoms with van der Waals surface area (Å²) in [5.74, 6) is -3.34. The number of carbonyl (C=O) groups excluding carboxylic acids is 3. The maximum atomic E-state index is 14.2. The van der Waals surface area contributed by atoms with Gasteiger partial charge in [-0.15, -0.1) is 0 Å². The molecular formula is C74H69Cl3F7N14O9+. The predicted molar refractivity (Wildman–Crippen MR) is 382 cm³/mol. The number of aliphatic hydroxyl groups is 2. The fourth-order valence-corrected chi connectivity index (χ4v) is 12.3. The van der Waals surface area contributed by atoms with E-state index < -0.39 is 90.4 Å². The number of benzene rings is 6. The molecule has 107 heavy (non-hydrogen) atoms. The van der Waals surface area contributed by atoms with Gasteiger partial charge in [0.05, 0.1) is 74.5 Å². The number of halogens is 10. The lowest BCUT2D eigenvalue weighted by atomic mass is 10.0. The van der Waals surface area contributed by atoms with Crippen LogP contribution in [0, 0.1) is 49.9 Å². The second-order valence-electron chi connectivity index (χ2n) is 24.5. The molecule has 23 nitrogen and oxygen atoms in total. The summed E-state index contributed by atoms with van der Waals surface area (Å²) in [5, 5.41) is 45.8. The summed E-state index contributed by atoms with van der Waals surface area (Å²) >= 11 is 19.0. The maximum Gasteiger partial charge on any atom is 0.345 e. The molecule has 0 radical (unpaired) electrons. The van der Waals surface area contributed by atoms with Crippen LogP contribution < -0.4 is 35.0 Å². The summed E-state index contributed by atoms with van der Waals surface area (Å²) in [6.45, 7) is 8.94. The summed E-state index contributed by atoms with van der Waals surface area (Å²) < 4.78 is 119. The number of aromatic nitrogens is 11. The topological polar surface area (TPSA) is 274 Å². The molecule has 0 aliphatic carbocycles. The molecule has 6 aromatic carbocycles.